The summed E-state index contributed by atoms with van der Waals surface area (Å²) in [6, 6.07) is 13.4. The fraction of sp³-hybridized carbons (Fsp3) is 0.429. The van der Waals surface area contributed by atoms with Gasteiger partial charge >= 0.3 is 6.09 Å². The van der Waals surface area contributed by atoms with E-state index in [1.54, 1.807) is 46.1 Å². The third kappa shape index (κ3) is 9.02. The Morgan fingerprint density at radius 1 is 1.10 bits per heavy atom. The summed E-state index contributed by atoms with van der Waals surface area (Å²) in [7, 11) is -1.31. The molecule has 1 amide bonds. The Kier molecular flexibility index (Phi) is 11.1. The van der Waals surface area contributed by atoms with Crippen molar-refractivity contribution in [1.29, 1.82) is 5.26 Å². The summed E-state index contributed by atoms with van der Waals surface area (Å²) in [5.41, 5.74) is 2.67. The van der Waals surface area contributed by atoms with E-state index in [9.17, 15) is 10.1 Å². The van der Waals surface area contributed by atoms with Crippen LogP contribution in [0.5, 0.6) is 0 Å². The van der Waals surface area contributed by atoms with Crippen molar-refractivity contribution < 1.29 is 18.7 Å². The molecule has 2 aromatic carbocycles. The SMILES string of the molecule is CC(C)(C)OC(=O)N1CCN(c2ccc(Nc3nc(Cc4c(Cl)cccc4Cl)c4ncn(COCC[Si](C)(C)C)c4c3C#N)c(F)c2)CC1. The number of fused-ring (bicyclic) bond motifs is 1. The summed E-state index contributed by atoms with van der Waals surface area (Å²) >= 11 is 13.1. The quantitative estimate of drug-likeness (QED) is 0.128. The third-order valence-electron chi connectivity index (χ3n) is 8.08. The molecule has 3 heterocycles. The van der Waals surface area contributed by atoms with Crippen molar-refractivity contribution in [3.05, 3.63) is 75.4 Å². The van der Waals surface area contributed by atoms with Gasteiger partial charge in [0.15, 0.2) is 5.82 Å². The maximum Gasteiger partial charge on any atom is 0.410 e. The predicted molar refractivity (Wildman–Crippen MR) is 195 cm³/mol. The molecule has 4 aromatic rings. The first kappa shape index (κ1) is 36.4. The number of piperazine rings is 1. The summed E-state index contributed by atoms with van der Waals surface area (Å²) in [4.78, 5) is 25.6. The molecule has 260 valence electrons. The molecule has 0 radical (unpaired) electrons. The molecule has 0 spiro atoms. The predicted octanol–water partition coefficient (Wildman–Crippen LogP) is 8.45. The van der Waals surface area contributed by atoms with E-state index < -0.39 is 19.5 Å². The van der Waals surface area contributed by atoms with Crippen molar-refractivity contribution in [2.24, 2.45) is 0 Å². The van der Waals surface area contributed by atoms with Crippen molar-refractivity contribution >= 4 is 65.6 Å². The van der Waals surface area contributed by atoms with Gasteiger partial charge in [-0.2, -0.15) is 5.26 Å². The Hall–Kier alpha value is -3.89. The number of carbonyl (C=O) groups is 1. The van der Waals surface area contributed by atoms with E-state index >= 15 is 4.39 Å². The number of rotatable bonds is 10. The lowest BCUT2D eigenvalue weighted by molar-refractivity contribution is 0.0240. The number of amides is 1. The van der Waals surface area contributed by atoms with Gasteiger partial charge in [0.05, 0.1) is 23.2 Å². The van der Waals surface area contributed by atoms with E-state index in [0.717, 1.165) is 6.04 Å². The number of hydrogen-bond acceptors (Lipinski definition) is 8. The number of nitrogens with one attached hydrogen (secondary N) is 1. The average Bonchev–Trinajstić information content (AvgIpc) is 3.45. The zero-order valence-corrected chi connectivity index (χ0v) is 31.3. The molecule has 0 bridgehead atoms. The average molecular weight is 727 g/mol. The third-order valence-corrected chi connectivity index (χ3v) is 10.5. The molecule has 0 saturated carbocycles. The zero-order valence-electron chi connectivity index (χ0n) is 28.7. The van der Waals surface area contributed by atoms with Crippen LogP contribution in [0.3, 0.4) is 0 Å². The molecule has 0 aliphatic carbocycles. The fourth-order valence-corrected chi connectivity index (χ4v) is 6.73. The van der Waals surface area contributed by atoms with E-state index in [2.05, 4.69) is 36.0 Å². The Morgan fingerprint density at radius 3 is 2.41 bits per heavy atom. The van der Waals surface area contributed by atoms with Crippen LogP contribution in [0.2, 0.25) is 35.7 Å². The molecule has 2 aromatic heterocycles. The van der Waals surface area contributed by atoms with Gasteiger partial charge in [0.2, 0.25) is 0 Å². The smallest absolute Gasteiger partial charge is 0.410 e. The minimum absolute atomic E-state index is 0.152. The maximum absolute atomic E-state index is 15.8. The summed E-state index contributed by atoms with van der Waals surface area (Å²) in [6.07, 6.45) is 1.51. The van der Waals surface area contributed by atoms with Crippen LogP contribution in [0.1, 0.15) is 37.6 Å². The lowest BCUT2D eigenvalue weighted by atomic mass is 10.1. The second-order valence-electron chi connectivity index (χ2n) is 14.3. The van der Waals surface area contributed by atoms with Crippen LogP contribution < -0.4 is 10.2 Å². The first-order chi connectivity index (χ1) is 23.1. The number of imidazole rings is 1. The molecule has 0 atom stereocenters. The molecule has 1 fully saturated rings. The normalized spacial score (nSPS) is 13.9. The zero-order chi connectivity index (χ0) is 35.5. The summed E-state index contributed by atoms with van der Waals surface area (Å²) in [5.74, 6) is -0.341. The van der Waals surface area contributed by atoms with Crippen molar-refractivity contribution in [1.82, 2.24) is 19.4 Å². The Morgan fingerprint density at radius 2 is 1.80 bits per heavy atom. The molecule has 10 nitrogen and oxygen atoms in total. The number of aromatic nitrogens is 3. The second-order valence-corrected chi connectivity index (χ2v) is 20.7. The van der Waals surface area contributed by atoms with E-state index in [1.807, 2.05) is 25.7 Å². The van der Waals surface area contributed by atoms with Crippen LogP contribution in [-0.2, 0) is 22.6 Å². The summed E-state index contributed by atoms with van der Waals surface area (Å²) in [6.45, 7) is 15.1. The van der Waals surface area contributed by atoms with E-state index in [1.165, 1.54) is 6.07 Å². The highest BCUT2D eigenvalue weighted by Gasteiger charge is 2.27. The first-order valence-corrected chi connectivity index (χ1v) is 20.7. The van der Waals surface area contributed by atoms with Crippen LogP contribution >= 0.6 is 23.2 Å². The number of carbonyl (C=O) groups excluding carboxylic acids is 1. The van der Waals surface area contributed by atoms with E-state index in [4.69, 9.17) is 37.7 Å². The second kappa shape index (κ2) is 14.9. The number of nitrogens with zero attached hydrogens (tertiary/aromatic N) is 6. The highest BCUT2D eigenvalue weighted by molar-refractivity contribution is 6.76. The lowest BCUT2D eigenvalue weighted by Gasteiger charge is -2.36. The standard InChI is InChI=1S/C35H42Cl2FN7O3Si/c1-35(2,3)48-34(46)44-14-12-43(13-15-44)23-10-11-29(28(38)18-23)41-33-25(20-39)32-31(40-21-45(32)22-47-16-17-49(4,5)6)30(42-33)19-24-26(36)8-7-9-27(24)37/h7-11,18,21H,12-17,19,22H2,1-6H3,(H,41,42). The molecule has 14 heteroatoms. The van der Waals surface area contributed by atoms with Gasteiger partial charge in [-0.3, -0.25) is 0 Å². The van der Waals surface area contributed by atoms with Gasteiger partial charge in [0.1, 0.15) is 35.3 Å². The van der Waals surface area contributed by atoms with Gasteiger partial charge < -0.3 is 29.2 Å². The summed E-state index contributed by atoms with van der Waals surface area (Å²) < 4.78 is 29.0. The van der Waals surface area contributed by atoms with Crippen molar-refractivity contribution in [3.8, 4) is 6.07 Å². The molecular weight excluding hydrogens is 684 g/mol. The van der Waals surface area contributed by atoms with Crippen LogP contribution in [0.4, 0.5) is 26.4 Å². The lowest BCUT2D eigenvalue weighted by Crippen LogP contribution is -2.50. The van der Waals surface area contributed by atoms with Crippen LogP contribution in [0.25, 0.3) is 11.0 Å². The number of hydrogen-bond donors (Lipinski definition) is 1. The Bertz CT molecular complexity index is 1860. The Labute approximate surface area is 297 Å². The van der Waals surface area contributed by atoms with Crippen LogP contribution in [0.15, 0.2) is 42.7 Å². The highest BCUT2D eigenvalue weighted by atomic mass is 35.5. The van der Waals surface area contributed by atoms with Crippen LogP contribution in [0, 0.1) is 17.1 Å². The van der Waals surface area contributed by atoms with E-state index in [0.29, 0.717) is 70.8 Å². The van der Waals surface area contributed by atoms with Gasteiger partial charge in [-0.15, -0.1) is 0 Å². The number of nitriles is 1. The minimum atomic E-state index is -1.31. The highest BCUT2D eigenvalue weighted by Crippen LogP contribution is 2.34. The molecule has 1 aliphatic rings. The largest absolute Gasteiger partial charge is 0.444 e. The minimum Gasteiger partial charge on any atom is -0.444 e. The maximum atomic E-state index is 15.8. The van der Waals surface area contributed by atoms with Gasteiger partial charge in [-0.25, -0.2) is 19.2 Å². The molecule has 1 saturated heterocycles. The van der Waals surface area contributed by atoms with Gasteiger partial charge in [-0.1, -0.05) is 48.9 Å². The van der Waals surface area contributed by atoms with Crippen molar-refractivity contribution in [2.75, 3.05) is 43.0 Å². The number of anilines is 3. The number of ether oxygens (including phenoxy) is 2. The number of halogens is 3. The summed E-state index contributed by atoms with van der Waals surface area (Å²) in [5, 5.41) is 14.4. The monoisotopic (exact) mass is 725 g/mol. The van der Waals surface area contributed by atoms with Gasteiger partial charge in [0.25, 0.3) is 0 Å². The number of benzene rings is 2. The number of pyridine rings is 1. The molecule has 5 rings (SSSR count). The Balaban J connectivity index is 1.43. The van der Waals surface area contributed by atoms with Crippen molar-refractivity contribution in [3.63, 3.8) is 0 Å². The van der Waals surface area contributed by atoms with Crippen molar-refractivity contribution in [2.45, 2.75) is 65.2 Å². The molecular formula is C35H42Cl2FN7O3Si. The molecule has 0 unspecified atom stereocenters. The molecule has 1 aliphatic heterocycles. The first-order valence-electron chi connectivity index (χ1n) is 16.2. The molecule has 49 heavy (non-hydrogen) atoms. The van der Waals surface area contributed by atoms with Gasteiger partial charge in [0, 0.05) is 63.0 Å². The fourth-order valence-electron chi connectivity index (χ4n) is 5.44. The molecule has 1 N–H and O–H groups in total. The topological polar surface area (TPSA) is 109 Å². The van der Waals surface area contributed by atoms with Gasteiger partial charge in [-0.05, 0) is 62.7 Å². The van der Waals surface area contributed by atoms with E-state index in [-0.39, 0.29) is 36.3 Å². The van der Waals surface area contributed by atoms with Crippen LogP contribution in [-0.4, -0.2) is 72.0 Å².